The van der Waals surface area contributed by atoms with Crippen LogP contribution < -0.4 is 11.1 Å². The first-order chi connectivity index (χ1) is 16.4. The molecule has 8 nitrogen and oxygen atoms in total. The Bertz CT molecular complexity index is 1140. The lowest BCUT2D eigenvalue weighted by Crippen LogP contribution is -2.43. The van der Waals surface area contributed by atoms with Crippen LogP contribution in [-0.4, -0.2) is 55.9 Å². The van der Waals surface area contributed by atoms with Gasteiger partial charge in [-0.25, -0.2) is 15.0 Å². The Morgan fingerprint density at radius 1 is 0.882 bits per heavy atom. The van der Waals surface area contributed by atoms with E-state index in [1.807, 2.05) is 6.07 Å². The number of benzene rings is 1. The van der Waals surface area contributed by atoms with E-state index in [1.165, 1.54) is 34.7 Å². The summed E-state index contributed by atoms with van der Waals surface area (Å²) in [6.45, 7) is 4.39. The van der Waals surface area contributed by atoms with Crippen LogP contribution in [0, 0.1) is 0 Å². The number of halogens is 3. The molecule has 2 aliphatic rings. The highest BCUT2D eigenvalue weighted by Crippen LogP contribution is 2.29. The number of anilines is 3. The van der Waals surface area contributed by atoms with E-state index in [0.29, 0.717) is 0 Å². The van der Waals surface area contributed by atoms with Crippen molar-refractivity contribution < 1.29 is 13.2 Å². The third-order valence-electron chi connectivity index (χ3n) is 6.37. The number of hydrogen-bond donors (Lipinski definition) is 2. The highest BCUT2D eigenvalue weighted by atomic mass is 19.4. The van der Waals surface area contributed by atoms with Gasteiger partial charge in [-0.1, -0.05) is 6.07 Å². The van der Waals surface area contributed by atoms with Crippen molar-refractivity contribution in [1.82, 2.24) is 29.8 Å². The van der Waals surface area contributed by atoms with Gasteiger partial charge in [-0.05, 0) is 67.5 Å². The van der Waals surface area contributed by atoms with Crippen LogP contribution in [0.1, 0.15) is 36.0 Å². The summed E-state index contributed by atoms with van der Waals surface area (Å²) in [5.41, 5.74) is 8.61. The Balaban J connectivity index is 1.31. The van der Waals surface area contributed by atoms with Gasteiger partial charge < -0.3 is 11.1 Å². The number of aryl methyl sites for hydroxylation is 1. The van der Waals surface area contributed by atoms with E-state index in [-0.39, 0.29) is 17.7 Å². The summed E-state index contributed by atoms with van der Waals surface area (Å²) in [5.74, 6) is 0.442. The first kappa shape index (κ1) is 22.6. The number of nitrogen functional groups attached to an aromatic ring is 1. The highest BCUT2D eigenvalue weighted by molar-refractivity contribution is 5.57. The quantitative estimate of drug-likeness (QED) is 0.597. The smallest absolute Gasteiger partial charge is 0.368 e. The van der Waals surface area contributed by atoms with E-state index in [1.54, 1.807) is 0 Å². The third-order valence-corrected chi connectivity index (χ3v) is 6.37. The summed E-state index contributed by atoms with van der Waals surface area (Å²) < 4.78 is 39.6. The number of pyridine rings is 1. The minimum absolute atomic E-state index is 0.0299. The van der Waals surface area contributed by atoms with Gasteiger partial charge in [0.1, 0.15) is 0 Å². The fourth-order valence-electron chi connectivity index (χ4n) is 4.61. The van der Waals surface area contributed by atoms with Crippen molar-refractivity contribution in [3.8, 4) is 5.82 Å². The second-order valence-corrected chi connectivity index (χ2v) is 8.68. The Kier molecular flexibility index (Phi) is 6.13. The van der Waals surface area contributed by atoms with E-state index in [0.717, 1.165) is 63.4 Å². The molecule has 0 amide bonds. The molecule has 0 atom stereocenters. The summed E-state index contributed by atoms with van der Waals surface area (Å²) in [5, 5.41) is 12.4. The van der Waals surface area contributed by atoms with Crippen molar-refractivity contribution >= 4 is 17.6 Å². The highest BCUT2D eigenvalue weighted by Gasteiger charge is 2.31. The SMILES string of the molecule is Nc1nc(Nc2ccc3c(c2)CCN(N2CCCC2)CCC3)nn1-c1ccc(C(F)(F)F)cn1. The zero-order valence-electron chi connectivity index (χ0n) is 18.7. The number of alkyl halides is 3. The molecule has 0 spiro atoms. The maximum atomic E-state index is 12.8. The van der Waals surface area contributed by atoms with E-state index in [9.17, 15) is 13.2 Å². The summed E-state index contributed by atoms with van der Waals surface area (Å²) >= 11 is 0. The molecule has 2 aromatic heterocycles. The molecule has 0 saturated carbocycles. The lowest BCUT2D eigenvalue weighted by atomic mass is 9.98. The van der Waals surface area contributed by atoms with Crippen molar-refractivity contribution in [3.63, 3.8) is 0 Å². The van der Waals surface area contributed by atoms with Gasteiger partial charge >= 0.3 is 6.18 Å². The molecule has 0 bridgehead atoms. The molecular formula is C23H27F3N8. The Labute approximate surface area is 195 Å². The number of hydrogen-bond acceptors (Lipinski definition) is 7. The van der Waals surface area contributed by atoms with Crippen molar-refractivity contribution in [2.75, 3.05) is 37.2 Å². The van der Waals surface area contributed by atoms with Crippen LogP contribution in [0.2, 0.25) is 0 Å². The van der Waals surface area contributed by atoms with E-state index in [2.05, 4.69) is 42.5 Å². The minimum Gasteiger partial charge on any atom is -0.368 e. The molecular weight excluding hydrogens is 445 g/mol. The van der Waals surface area contributed by atoms with Crippen LogP contribution >= 0.6 is 0 Å². The summed E-state index contributed by atoms with van der Waals surface area (Å²) in [4.78, 5) is 8.04. The van der Waals surface area contributed by atoms with E-state index in [4.69, 9.17) is 5.73 Å². The van der Waals surface area contributed by atoms with Crippen LogP contribution in [0.4, 0.5) is 30.8 Å². The van der Waals surface area contributed by atoms with Gasteiger partial charge in [-0.3, -0.25) is 0 Å². The van der Waals surface area contributed by atoms with Crippen molar-refractivity contribution in [1.29, 1.82) is 0 Å². The van der Waals surface area contributed by atoms with Crippen LogP contribution in [0.15, 0.2) is 36.5 Å². The van der Waals surface area contributed by atoms with Crippen LogP contribution in [0.25, 0.3) is 5.82 Å². The Morgan fingerprint density at radius 3 is 2.38 bits per heavy atom. The van der Waals surface area contributed by atoms with Gasteiger partial charge in [0.15, 0.2) is 5.82 Å². The van der Waals surface area contributed by atoms with Crippen LogP contribution in [0.3, 0.4) is 0 Å². The second-order valence-electron chi connectivity index (χ2n) is 8.68. The largest absolute Gasteiger partial charge is 0.417 e. The molecule has 1 aromatic carbocycles. The number of nitrogens with two attached hydrogens (primary N) is 1. The molecule has 1 saturated heterocycles. The average Bonchev–Trinajstić information content (AvgIpc) is 3.44. The normalized spacial score (nSPS) is 17.9. The van der Waals surface area contributed by atoms with Crippen LogP contribution in [0.5, 0.6) is 0 Å². The topological polar surface area (TPSA) is 88.1 Å². The fourth-order valence-corrected chi connectivity index (χ4v) is 4.61. The average molecular weight is 473 g/mol. The zero-order chi connectivity index (χ0) is 23.7. The standard InChI is InChI=1S/C23H27F3N8/c24-23(25,26)18-6-8-20(28-15-18)34-21(27)30-22(31-34)29-19-7-5-16-4-3-12-33(13-9-17(16)14-19)32-10-1-2-11-32/h5-8,14-15H,1-4,9-13H2,(H3,27,29,30,31). The van der Waals surface area contributed by atoms with Crippen molar-refractivity contribution in [2.24, 2.45) is 0 Å². The number of aromatic nitrogens is 4. The molecule has 4 heterocycles. The molecule has 11 heteroatoms. The number of hydrazine groups is 1. The first-order valence-corrected chi connectivity index (χ1v) is 11.5. The van der Waals surface area contributed by atoms with E-state index < -0.39 is 11.7 Å². The molecule has 180 valence electrons. The lowest BCUT2D eigenvalue weighted by molar-refractivity contribution is -0.137. The molecule has 0 unspecified atom stereocenters. The van der Waals surface area contributed by atoms with Gasteiger partial charge in [0.2, 0.25) is 11.9 Å². The Morgan fingerprint density at radius 2 is 1.65 bits per heavy atom. The summed E-state index contributed by atoms with van der Waals surface area (Å²) in [7, 11) is 0. The monoisotopic (exact) mass is 472 g/mol. The lowest BCUT2D eigenvalue weighted by Gasteiger charge is -2.33. The molecule has 5 rings (SSSR count). The van der Waals surface area contributed by atoms with Gasteiger partial charge in [-0.15, -0.1) is 5.10 Å². The third kappa shape index (κ3) is 4.85. The predicted octanol–water partition coefficient (Wildman–Crippen LogP) is 3.81. The van der Waals surface area contributed by atoms with Crippen molar-refractivity contribution in [2.45, 2.75) is 38.3 Å². The first-order valence-electron chi connectivity index (χ1n) is 11.5. The van der Waals surface area contributed by atoms with Gasteiger partial charge in [0, 0.05) is 38.1 Å². The molecule has 0 radical (unpaired) electrons. The number of fused-ring (bicyclic) bond motifs is 1. The summed E-state index contributed by atoms with van der Waals surface area (Å²) in [6, 6.07) is 8.41. The van der Waals surface area contributed by atoms with Gasteiger partial charge in [0.05, 0.1) is 5.56 Å². The maximum Gasteiger partial charge on any atom is 0.417 e. The number of rotatable bonds is 4. The molecule has 3 aromatic rings. The molecule has 34 heavy (non-hydrogen) atoms. The molecule has 0 aliphatic carbocycles. The number of nitrogens with one attached hydrogen (secondary N) is 1. The molecule has 3 N–H and O–H groups in total. The van der Waals surface area contributed by atoms with E-state index >= 15 is 0 Å². The van der Waals surface area contributed by atoms with Gasteiger partial charge in [-0.2, -0.15) is 22.8 Å². The maximum absolute atomic E-state index is 12.8. The molecule has 2 aliphatic heterocycles. The fraction of sp³-hybridized carbons (Fsp3) is 0.435. The van der Waals surface area contributed by atoms with Gasteiger partial charge in [0.25, 0.3) is 0 Å². The summed E-state index contributed by atoms with van der Waals surface area (Å²) in [6.07, 6.45) is 1.96. The van der Waals surface area contributed by atoms with Crippen molar-refractivity contribution in [3.05, 3.63) is 53.2 Å². The zero-order valence-corrected chi connectivity index (χ0v) is 18.7. The number of nitrogens with zero attached hydrogens (tertiary/aromatic N) is 6. The van der Waals surface area contributed by atoms with Crippen LogP contribution in [-0.2, 0) is 19.0 Å². The predicted molar refractivity (Wildman–Crippen MR) is 123 cm³/mol. The minimum atomic E-state index is -4.46. The second kappa shape index (κ2) is 9.22. The molecule has 1 fully saturated rings. The Hall–Kier alpha value is -3.18.